The number of hydrogen-bond acceptors (Lipinski definition) is 4. The van der Waals surface area contributed by atoms with E-state index in [1.54, 1.807) is 6.20 Å². The van der Waals surface area contributed by atoms with Crippen LogP contribution >= 0.6 is 0 Å². The van der Waals surface area contributed by atoms with Crippen LogP contribution < -0.4 is 0 Å². The van der Waals surface area contributed by atoms with E-state index >= 15 is 0 Å². The molecule has 2 aromatic carbocycles. The van der Waals surface area contributed by atoms with Gasteiger partial charge in [-0.05, 0) is 41.2 Å². The molecule has 1 aliphatic carbocycles. The first-order valence-electron chi connectivity index (χ1n) is 10.7. The van der Waals surface area contributed by atoms with Gasteiger partial charge in [-0.15, -0.1) is 10.2 Å². The van der Waals surface area contributed by atoms with Crippen molar-refractivity contribution in [1.82, 2.24) is 24.6 Å². The van der Waals surface area contributed by atoms with Gasteiger partial charge in [-0.25, -0.2) is 4.39 Å². The third-order valence-corrected chi connectivity index (χ3v) is 6.47. The maximum absolute atomic E-state index is 13.7. The number of aromatic nitrogens is 4. The van der Waals surface area contributed by atoms with E-state index in [1.807, 2.05) is 0 Å². The Bertz CT molecular complexity index is 1220. The molecule has 3 heterocycles. The van der Waals surface area contributed by atoms with Crippen LogP contribution in [-0.4, -0.2) is 31.2 Å². The first kappa shape index (κ1) is 18.4. The topological polar surface area (TPSA) is 46.8 Å². The second kappa shape index (κ2) is 7.39. The number of halogens is 1. The number of fused-ring (bicyclic) bond motifs is 3. The van der Waals surface area contributed by atoms with Crippen molar-refractivity contribution in [2.75, 3.05) is 6.54 Å². The van der Waals surface area contributed by atoms with Crippen molar-refractivity contribution >= 4 is 0 Å². The van der Waals surface area contributed by atoms with E-state index in [0.29, 0.717) is 17.9 Å². The van der Waals surface area contributed by atoms with Gasteiger partial charge in [-0.3, -0.25) is 9.88 Å². The van der Waals surface area contributed by atoms with Crippen molar-refractivity contribution in [3.8, 4) is 11.4 Å². The van der Waals surface area contributed by atoms with E-state index in [1.165, 1.54) is 34.5 Å². The second-order valence-electron chi connectivity index (χ2n) is 8.25. The molecule has 0 radical (unpaired) electrons. The summed E-state index contributed by atoms with van der Waals surface area (Å²) < 4.78 is 15.8. The van der Waals surface area contributed by atoms with Crippen LogP contribution in [0, 0.1) is 5.82 Å². The maximum Gasteiger partial charge on any atom is 0.165 e. The lowest BCUT2D eigenvalue weighted by molar-refractivity contribution is 0.176. The summed E-state index contributed by atoms with van der Waals surface area (Å²) in [6.45, 7) is 2.33. The summed E-state index contributed by atoms with van der Waals surface area (Å²) >= 11 is 0. The lowest BCUT2D eigenvalue weighted by atomic mass is 9.93. The van der Waals surface area contributed by atoms with Crippen molar-refractivity contribution in [3.05, 3.63) is 101 Å². The molecule has 31 heavy (non-hydrogen) atoms. The van der Waals surface area contributed by atoms with Crippen LogP contribution in [-0.2, 0) is 25.9 Å². The molecule has 6 heteroatoms. The number of aryl methyl sites for hydroxylation is 2. The molecule has 154 valence electrons. The summed E-state index contributed by atoms with van der Waals surface area (Å²) in [4.78, 5) is 6.47. The molecule has 0 N–H and O–H groups in total. The summed E-state index contributed by atoms with van der Waals surface area (Å²) in [6, 6.07) is 19.3. The Morgan fingerprint density at radius 2 is 1.55 bits per heavy atom. The van der Waals surface area contributed by atoms with Crippen molar-refractivity contribution < 1.29 is 4.39 Å². The smallest absolute Gasteiger partial charge is 0.165 e. The fraction of sp³-hybridized carbons (Fsp3) is 0.240. The molecular formula is C25H22FN5. The number of pyridine rings is 1. The van der Waals surface area contributed by atoms with Crippen molar-refractivity contribution in [1.29, 1.82) is 0 Å². The third-order valence-electron chi connectivity index (χ3n) is 6.47. The number of benzene rings is 2. The summed E-state index contributed by atoms with van der Waals surface area (Å²) in [5.41, 5.74) is 6.27. The van der Waals surface area contributed by atoms with Gasteiger partial charge in [0, 0.05) is 24.8 Å². The van der Waals surface area contributed by atoms with Gasteiger partial charge < -0.3 is 4.57 Å². The molecule has 6 rings (SSSR count). The van der Waals surface area contributed by atoms with Crippen LogP contribution in [0.5, 0.6) is 0 Å². The predicted octanol–water partition coefficient (Wildman–Crippen LogP) is 4.18. The predicted molar refractivity (Wildman–Crippen MR) is 116 cm³/mol. The highest BCUT2D eigenvalue weighted by atomic mass is 19.1. The molecular weight excluding hydrogens is 389 g/mol. The molecule has 0 amide bonds. The largest absolute Gasteiger partial charge is 0.309 e. The van der Waals surface area contributed by atoms with Gasteiger partial charge in [-0.2, -0.15) is 0 Å². The highest BCUT2D eigenvalue weighted by molar-refractivity contribution is 5.54. The molecule has 2 aromatic heterocycles. The molecule has 5 nitrogen and oxygen atoms in total. The number of hydrogen-bond donors (Lipinski definition) is 0. The number of rotatable bonds is 2. The minimum Gasteiger partial charge on any atom is -0.309 e. The van der Waals surface area contributed by atoms with Gasteiger partial charge in [0.1, 0.15) is 11.6 Å². The Balaban J connectivity index is 1.40. The summed E-state index contributed by atoms with van der Waals surface area (Å²) in [6.07, 6.45) is 4.97. The molecule has 0 saturated carbocycles. The lowest BCUT2D eigenvalue weighted by Gasteiger charge is -2.36. The Hall–Kier alpha value is -3.38. The molecule has 1 aliphatic heterocycles. The van der Waals surface area contributed by atoms with E-state index < -0.39 is 0 Å². The summed E-state index contributed by atoms with van der Waals surface area (Å²) in [5.74, 6) is 1.23. The zero-order chi connectivity index (χ0) is 20.8. The van der Waals surface area contributed by atoms with E-state index in [-0.39, 0.29) is 11.9 Å². The summed E-state index contributed by atoms with van der Waals surface area (Å²) in [5, 5.41) is 8.84. The minimum atomic E-state index is -0.362. The number of nitrogens with zero attached hydrogens (tertiary/aromatic N) is 5. The molecule has 2 aliphatic rings. The molecule has 0 saturated heterocycles. The second-order valence-corrected chi connectivity index (χ2v) is 8.25. The zero-order valence-electron chi connectivity index (χ0n) is 17.1. The van der Waals surface area contributed by atoms with E-state index in [4.69, 9.17) is 0 Å². The SMILES string of the molecule is Fc1cncc(-c2nnc3n2CCN(C2c4ccccc4CCc4ccccc42)C3)c1. The quantitative estimate of drug-likeness (QED) is 0.496. The lowest BCUT2D eigenvalue weighted by Crippen LogP contribution is -2.37. The van der Waals surface area contributed by atoms with Gasteiger partial charge in [0.05, 0.1) is 18.8 Å². The third kappa shape index (κ3) is 3.15. The molecule has 0 atom stereocenters. The summed E-state index contributed by atoms with van der Waals surface area (Å²) in [7, 11) is 0. The average molecular weight is 411 g/mol. The van der Waals surface area contributed by atoms with Crippen molar-refractivity contribution in [2.45, 2.75) is 32.0 Å². The standard InChI is InChI=1S/C25H22FN5/c26-20-13-19(14-27-15-20)25-29-28-23-16-30(11-12-31(23)25)24-21-7-3-1-5-17(21)9-10-18-6-2-4-8-22(18)24/h1-8,13-15,24H,9-12,16H2. The zero-order valence-corrected chi connectivity index (χ0v) is 17.1. The van der Waals surface area contributed by atoms with Gasteiger partial charge in [0.15, 0.2) is 5.82 Å². The van der Waals surface area contributed by atoms with Crippen molar-refractivity contribution in [3.63, 3.8) is 0 Å². The van der Waals surface area contributed by atoms with Crippen LogP contribution in [0.15, 0.2) is 67.0 Å². The molecule has 0 unspecified atom stereocenters. The van der Waals surface area contributed by atoms with Crippen LogP contribution in [0.25, 0.3) is 11.4 Å². The Kier molecular flexibility index (Phi) is 4.39. The van der Waals surface area contributed by atoms with E-state index in [2.05, 4.69) is 73.2 Å². The molecule has 0 spiro atoms. The monoisotopic (exact) mass is 411 g/mol. The van der Waals surface area contributed by atoms with Crippen molar-refractivity contribution in [2.24, 2.45) is 0 Å². The Morgan fingerprint density at radius 1 is 0.839 bits per heavy atom. The minimum absolute atomic E-state index is 0.194. The Labute approximate surface area is 180 Å². The fourth-order valence-corrected chi connectivity index (χ4v) is 5.03. The van der Waals surface area contributed by atoms with E-state index in [0.717, 1.165) is 31.8 Å². The van der Waals surface area contributed by atoms with Crippen LogP contribution in [0.3, 0.4) is 0 Å². The van der Waals surface area contributed by atoms with Crippen LogP contribution in [0.4, 0.5) is 4.39 Å². The fourth-order valence-electron chi connectivity index (χ4n) is 5.03. The van der Waals surface area contributed by atoms with Crippen LogP contribution in [0.2, 0.25) is 0 Å². The van der Waals surface area contributed by atoms with Gasteiger partial charge in [0.25, 0.3) is 0 Å². The van der Waals surface area contributed by atoms with Gasteiger partial charge >= 0.3 is 0 Å². The van der Waals surface area contributed by atoms with Gasteiger partial charge in [-0.1, -0.05) is 48.5 Å². The first-order chi connectivity index (χ1) is 15.3. The van der Waals surface area contributed by atoms with Gasteiger partial charge in [0.2, 0.25) is 0 Å². The maximum atomic E-state index is 13.7. The molecule has 0 fully saturated rings. The van der Waals surface area contributed by atoms with E-state index in [9.17, 15) is 4.39 Å². The first-order valence-corrected chi connectivity index (χ1v) is 10.7. The molecule has 0 bridgehead atoms. The Morgan fingerprint density at radius 3 is 2.26 bits per heavy atom. The molecule has 4 aromatic rings. The normalized spacial score (nSPS) is 16.3. The highest BCUT2D eigenvalue weighted by Crippen LogP contribution is 2.38. The van der Waals surface area contributed by atoms with Crippen LogP contribution in [0.1, 0.15) is 34.1 Å². The average Bonchev–Trinajstić information content (AvgIpc) is 3.15. The highest BCUT2D eigenvalue weighted by Gasteiger charge is 2.32.